The Morgan fingerprint density at radius 1 is 1.27 bits per heavy atom. The van der Waals surface area contributed by atoms with Gasteiger partial charge in [0, 0.05) is 30.8 Å². The molecule has 2 rings (SSSR count). The molecular weight excluding hydrogens is 302 g/mol. The van der Waals surface area contributed by atoms with Crippen molar-refractivity contribution in [1.29, 1.82) is 0 Å². The number of nitrogens with two attached hydrogens (primary N) is 1. The molecule has 0 radical (unpaired) electrons. The van der Waals surface area contributed by atoms with Gasteiger partial charge in [-0.15, -0.1) is 11.8 Å². The Hall–Kier alpha value is -0.790. The molecule has 2 aliphatic rings. The Bertz CT molecular complexity index is 442. The molecule has 2 aliphatic heterocycles. The van der Waals surface area contributed by atoms with Crippen molar-refractivity contribution in [2.45, 2.75) is 44.5 Å². The van der Waals surface area contributed by atoms with Crippen LogP contribution >= 0.6 is 11.8 Å². The van der Waals surface area contributed by atoms with E-state index in [1.165, 1.54) is 0 Å². The molecular formula is C15H27N3O3S. The van der Waals surface area contributed by atoms with E-state index in [0.29, 0.717) is 13.1 Å². The van der Waals surface area contributed by atoms with E-state index >= 15 is 0 Å². The highest BCUT2D eigenvalue weighted by molar-refractivity contribution is 8.00. The van der Waals surface area contributed by atoms with E-state index in [-0.39, 0.29) is 28.7 Å². The number of rotatable bonds is 2. The third-order valence-corrected chi connectivity index (χ3v) is 5.99. The molecule has 0 saturated carbocycles. The van der Waals surface area contributed by atoms with E-state index in [9.17, 15) is 9.59 Å². The van der Waals surface area contributed by atoms with E-state index in [0.717, 1.165) is 25.1 Å². The van der Waals surface area contributed by atoms with Crippen molar-refractivity contribution >= 4 is 23.6 Å². The molecule has 126 valence electrons. The summed E-state index contributed by atoms with van der Waals surface area (Å²) in [6, 6.07) is -0.836. The molecule has 2 saturated heterocycles. The molecule has 2 amide bonds. The molecule has 3 N–H and O–H groups in total. The summed E-state index contributed by atoms with van der Waals surface area (Å²) in [5.74, 6) is 0.935. The number of carbonyl (C=O) groups excluding carboxylic acids is 2. The van der Waals surface area contributed by atoms with Gasteiger partial charge < -0.3 is 20.6 Å². The second-order valence-electron chi connectivity index (χ2n) is 7.12. The van der Waals surface area contributed by atoms with Gasteiger partial charge in [-0.2, -0.15) is 0 Å². The summed E-state index contributed by atoms with van der Waals surface area (Å²) in [5.41, 5.74) is 5.23. The van der Waals surface area contributed by atoms with Gasteiger partial charge in [0.1, 0.15) is 6.04 Å². The van der Waals surface area contributed by atoms with Crippen LogP contribution in [-0.2, 0) is 9.59 Å². The minimum absolute atomic E-state index is 0.176. The number of amides is 2. The Kier molecular flexibility index (Phi) is 5.09. The first-order valence-electron chi connectivity index (χ1n) is 7.82. The van der Waals surface area contributed by atoms with Gasteiger partial charge in [-0.3, -0.25) is 9.59 Å². The van der Waals surface area contributed by atoms with Crippen molar-refractivity contribution in [3.05, 3.63) is 0 Å². The SMILES string of the molecule is CC(C)(C)C(=O)N1CCSC12CCN(C(=O)[C@@H](N)CO)CC2. The molecule has 0 aromatic heterocycles. The van der Waals surface area contributed by atoms with E-state index < -0.39 is 6.04 Å². The molecule has 22 heavy (non-hydrogen) atoms. The monoisotopic (exact) mass is 329 g/mol. The molecule has 0 aliphatic carbocycles. The summed E-state index contributed by atoms with van der Waals surface area (Å²) in [7, 11) is 0. The van der Waals surface area contributed by atoms with Gasteiger partial charge in [0.2, 0.25) is 11.8 Å². The second kappa shape index (κ2) is 6.37. The van der Waals surface area contributed by atoms with Crippen molar-refractivity contribution in [1.82, 2.24) is 9.80 Å². The van der Waals surface area contributed by atoms with Crippen molar-refractivity contribution in [2.24, 2.45) is 11.1 Å². The molecule has 7 heteroatoms. The normalized spacial score (nSPS) is 23.0. The fourth-order valence-electron chi connectivity index (χ4n) is 3.10. The number of aliphatic hydroxyl groups is 1. The average molecular weight is 329 g/mol. The number of piperidine rings is 1. The van der Waals surface area contributed by atoms with Crippen LogP contribution in [0.1, 0.15) is 33.6 Å². The number of thioether (sulfide) groups is 1. The Labute approximate surface area is 136 Å². The predicted molar refractivity (Wildman–Crippen MR) is 87.2 cm³/mol. The van der Waals surface area contributed by atoms with Crippen LogP contribution in [-0.4, -0.2) is 69.6 Å². The summed E-state index contributed by atoms with van der Waals surface area (Å²) in [5, 5.41) is 9.02. The van der Waals surface area contributed by atoms with E-state index in [4.69, 9.17) is 10.8 Å². The maximum atomic E-state index is 12.7. The first kappa shape index (κ1) is 17.6. The van der Waals surface area contributed by atoms with Gasteiger partial charge in [0.15, 0.2) is 0 Å². The summed E-state index contributed by atoms with van der Waals surface area (Å²) in [4.78, 5) is 28.3. The van der Waals surface area contributed by atoms with Crippen molar-refractivity contribution in [3.8, 4) is 0 Å². The fraction of sp³-hybridized carbons (Fsp3) is 0.867. The van der Waals surface area contributed by atoms with E-state index in [1.54, 1.807) is 4.90 Å². The molecule has 0 unspecified atom stereocenters. The summed E-state index contributed by atoms with van der Waals surface area (Å²) in [6.07, 6.45) is 1.53. The highest BCUT2D eigenvalue weighted by atomic mass is 32.2. The number of likely N-dealkylation sites (tertiary alicyclic amines) is 1. The molecule has 2 heterocycles. The van der Waals surface area contributed by atoms with Gasteiger partial charge >= 0.3 is 0 Å². The number of hydrogen-bond donors (Lipinski definition) is 2. The largest absolute Gasteiger partial charge is 0.394 e. The Morgan fingerprint density at radius 3 is 2.36 bits per heavy atom. The lowest BCUT2D eigenvalue weighted by atomic mass is 9.92. The number of aliphatic hydroxyl groups excluding tert-OH is 1. The molecule has 0 bridgehead atoms. The molecule has 6 nitrogen and oxygen atoms in total. The lowest BCUT2D eigenvalue weighted by Gasteiger charge is -2.46. The highest BCUT2D eigenvalue weighted by Gasteiger charge is 2.48. The topological polar surface area (TPSA) is 86.9 Å². The van der Waals surface area contributed by atoms with Crippen LogP contribution in [0.4, 0.5) is 0 Å². The molecule has 0 aromatic carbocycles. The molecule has 0 aromatic rings. The van der Waals surface area contributed by atoms with Crippen LogP contribution in [0.5, 0.6) is 0 Å². The lowest BCUT2D eigenvalue weighted by molar-refractivity contribution is -0.144. The van der Waals surface area contributed by atoms with Crippen molar-refractivity contribution in [3.63, 3.8) is 0 Å². The first-order chi connectivity index (χ1) is 10.2. The third-order valence-electron chi connectivity index (χ3n) is 4.43. The zero-order valence-corrected chi connectivity index (χ0v) is 14.5. The highest BCUT2D eigenvalue weighted by Crippen LogP contribution is 2.45. The van der Waals surface area contributed by atoms with Crippen molar-refractivity contribution in [2.75, 3.05) is 32.0 Å². The third kappa shape index (κ3) is 3.26. The van der Waals surface area contributed by atoms with E-state index in [1.807, 2.05) is 37.4 Å². The number of hydrogen-bond acceptors (Lipinski definition) is 5. The maximum absolute atomic E-state index is 12.7. The standard InChI is InChI=1S/C15H27N3O3S/c1-14(2,3)13(21)18-8-9-22-15(18)4-6-17(7-5-15)12(20)11(16)10-19/h11,19H,4-10,16H2,1-3H3/t11-/m0/s1. The Balaban J connectivity index is 2.05. The second-order valence-corrected chi connectivity index (χ2v) is 8.57. The summed E-state index contributed by atoms with van der Waals surface area (Å²) in [6.45, 7) is 7.48. The smallest absolute Gasteiger partial charge is 0.241 e. The van der Waals surface area contributed by atoms with Crippen molar-refractivity contribution < 1.29 is 14.7 Å². The summed E-state index contributed by atoms with van der Waals surface area (Å²) < 4.78 is 0. The predicted octanol–water partition coefficient (Wildman–Crippen LogP) is 0.246. The minimum Gasteiger partial charge on any atom is -0.394 e. The maximum Gasteiger partial charge on any atom is 0.241 e. The molecule has 1 atom stereocenters. The zero-order chi connectivity index (χ0) is 16.5. The van der Waals surface area contributed by atoms with Crippen LogP contribution in [0.2, 0.25) is 0 Å². The van der Waals surface area contributed by atoms with Crippen LogP contribution in [0.15, 0.2) is 0 Å². The zero-order valence-electron chi connectivity index (χ0n) is 13.7. The average Bonchev–Trinajstić information content (AvgIpc) is 2.87. The minimum atomic E-state index is -0.836. The number of nitrogens with zero attached hydrogens (tertiary/aromatic N) is 2. The van der Waals surface area contributed by atoms with Gasteiger partial charge in [0.25, 0.3) is 0 Å². The van der Waals surface area contributed by atoms with Crippen LogP contribution in [0, 0.1) is 5.41 Å². The van der Waals surface area contributed by atoms with Crippen LogP contribution in [0.25, 0.3) is 0 Å². The van der Waals surface area contributed by atoms with Gasteiger partial charge in [-0.1, -0.05) is 20.8 Å². The molecule has 1 spiro atoms. The Morgan fingerprint density at radius 2 is 1.86 bits per heavy atom. The van der Waals surface area contributed by atoms with Gasteiger partial charge in [-0.25, -0.2) is 0 Å². The molecule has 2 fully saturated rings. The summed E-state index contributed by atoms with van der Waals surface area (Å²) >= 11 is 1.83. The van der Waals surface area contributed by atoms with E-state index in [2.05, 4.69) is 0 Å². The van der Waals surface area contributed by atoms with Crippen LogP contribution < -0.4 is 5.73 Å². The quantitative estimate of drug-likeness (QED) is 0.758. The first-order valence-corrected chi connectivity index (χ1v) is 8.81. The number of carbonyl (C=O) groups is 2. The lowest BCUT2D eigenvalue weighted by Crippen LogP contribution is -2.57. The van der Waals surface area contributed by atoms with Crippen LogP contribution in [0.3, 0.4) is 0 Å². The fourth-order valence-corrected chi connectivity index (χ4v) is 4.56. The van der Waals surface area contributed by atoms with Gasteiger partial charge in [-0.05, 0) is 12.8 Å². The van der Waals surface area contributed by atoms with Gasteiger partial charge in [0.05, 0.1) is 11.5 Å².